The number of hydrogen-bond donors (Lipinski definition) is 1. The Balaban J connectivity index is 2.19. The average Bonchev–Trinajstić information content (AvgIpc) is 2.27. The largest absolute Gasteiger partial charge is 0.353 e. The molecule has 0 saturated carbocycles. The van der Waals surface area contributed by atoms with E-state index >= 15 is 0 Å². The number of nitrogens with zero attached hydrogens (tertiary/aromatic N) is 1. The second kappa shape index (κ2) is 8.01. The lowest BCUT2D eigenvalue weighted by molar-refractivity contribution is -0.142. The van der Waals surface area contributed by atoms with Crippen LogP contribution >= 0.6 is 0 Å². The van der Waals surface area contributed by atoms with Crippen molar-refractivity contribution in [1.82, 2.24) is 4.90 Å². The van der Waals surface area contributed by atoms with Crippen LogP contribution in [0.3, 0.4) is 0 Å². The second-order valence-electron chi connectivity index (χ2n) is 4.33. The van der Waals surface area contributed by atoms with E-state index in [1.165, 1.54) is 13.0 Å². The molecule has 0 aromatic rings. The minimum absolute atomic E-state index is 0.0480. The SMILES string of the molecule is CCOC(CCN1CCCC(N)C1)OCC. The van der Waals surface area contributed by atoms with E-state index in [1.54, 1.807) is 0 Å². The maximum Gasteiger partial charge on any atom is 0.158 e. The lowest BCUT2D eigenvalue weighted by Crippen LogP contribution is -2.43. The molecule has 96 valence electrons. The molecule has 1 aliphatic rings. The highest BCUT2D eigenvalue weighted by molar-refractivity contribution is 4.74. The van der Waals surface area contributed by atoms with E-state index in [1.807, 2.05) is 13.8 Å². The third-order valence-corrected chi connectivity index (χ3v) is 2.93. The summed E-state index contributed by atoms with van der Waals surface area (Å²) in [5.74, 6) is 0. The molecule has 0 aliphatic carbocycles. The van der Waals surface area contributed by atoms with E-state index in [9.17, 15) is 0 Å². The van der Waals surface area contributed by atoms with Crippen LogP contribution in [-0.2, 0) is 9.47 Å². The van der Waals surface area contributed by atoms with E-state index in [2.05, 4.69) is 4.90 Å². The third-order valence-electron chi connectivity index (χ3n) is 2.93. The fraction of sp³-hybridized carbons (Fsp3) is 1.00. The first-order chi connectivity index (χ1) is 7.76. The van der Waals surface area contributed by atoms with Gasteiger partial charge >= 0.3 is 0 Å². The van der Waals surface area contributed by atoms with E-state index < -0.39 is 0 Å². The summed E-state index contributed by atoms with van der Waals surface area (Å²) in [6.45, 7) is 8.64. The zero-order valence-electron chi connectivity index (χ0n) is 10.7. The molecular weight excluding hydrogens is 204 g/mol. The van der Waals surface area contributed by atoms with E-state index in [0.29, 0.717) is 19.3 Å². The molecule has 0 aromatic heterocycles. The van der Waals surface area contributed by atoms with Gasteiger partial charge in [-0.1, -0.05) is 0 Å². The summed E-state index contributed by atoms with van der Waals surface area (Å²) >= 11 is 0. The molecule has 1 atom stereocenters. The predicted octanol–water partition coefficient (Wildman–Crippen LogP) is 1.20. The van der Waals surface area contributed by atoms with Crippen LogP contribution in [0.15, 0.2) is 0 Å². The molecule has 1 heterocycles. The highest BCUT2D eigenvalue weighted by atomic mass is 16.7. The molecule has 1 fully saturated rings. The van der Waals surface area contributed by atoms with Crippen LogP contribution in [-0.4, -0.2) is 50.1 Å². The van der Waals surface area contributed by atoms with Gasteiger partial charge < -0.3 is 20.1 Å². The average molecular weight is 230 g/mol. The number of ether oxygens (including phenoxy) is 2. The fourth-order valence-corrected chi connectivity index (χ4v) is 2.17. The van der Waals surface area contributed by atoms with Gasteiger partial charge in [0.1, 0.15) is 0 Å². The Labute approximate surface area is 99.1 Å². The molecular formula is C12H26N2O2. The fourth-order valence-electron chi connectivity index (χ4n) is 2.17. The molecule has 4 nitrogen and oxygen atoms in total. The van der Waals surface area contributed by atoms with Crippen molar-refractivity contribution in [3.05, 3.63) is 0 Å². The lowest BCUT2D eigenvalue weighted by Gasteiger charge is -2.31. The summed E-state index contributed by atoms with van der Waals surface area (Å²) in [7, 11) is 0. The van der Waals surface area contributed by atoms with Gasteiger partial charge in [0.25, 0.3) is 0 Å². The molecule has 2 N–H and O–H groups in total. The first-order valence-electron chi connectivity index (χ1n) is 6.47. The van der Waals surface area contributed by atoms with Gasteiger partial charge in [-0.25, -0.2) is 0 Å². The van der Waals surface area contributed by atoms with Crippen molar-refractivity contribution in [3.63, 3.8) is 0 Å². The van der Waals surface area contributed by atoms with Crippen LogP contribution in [0.5, 0.6) is 0 Å². The van der Waals surface area contributed by atoms with Crippen molar-refractivity contribution in [2.75, 3.05) is 32.8 Å². The minimum Gasteiger partial charge on any atom is -0.353 e. The molecule has 1 rings (SSSR count). The zero-order chi connectivity index (χ0) is 11.8. The Morgan fingerprint density at radius 2 is 2.00 bits per heavy atom. The number of nitrogens with two attached hydrogens (primary N) is 1. The Hall–Kier alpha value is -0.160. The second-order valence-corrected chi connectivity index (χ2v) is 4.33. The summed E-state index contributed by atoms with van der Waals surface area (Å²) in [6.07, 6.45) is 3.27. The Morgan fingerprint density at radius 3 is 2.56 bits per heavy atom. The number of likely N-dealkylation sites (tertiary alicyclic amines) is 1. The molecule has 4 heteroatoms. The van der Waals surface area contributed by atoms with Crippen molar-refractivity contribution >= 4 is 0 Å². The zero-order valence-corrected chi connectivity index (χ0v) is 10.7. The Kier molecular flexibility index (Phi) is 6.96. The van der Waals surface area contributed by atoms with Crippen LogP contribution in [0, 0.1) is 0 Å². The van der Waals surface area contributed by atoms with E-state index in [-0.39, 0.29) is 6.29 Å². The molecule has 0 radical (unpaired) electrons. The highest BCUT2D eigenvalue weighted by Crippen LogP contribution is 2.10. The standard InChI is InChI=1S/C12H26N2O2/c1-3-15-12(16-4-2)7-9-14-8-5-6-11(13)10-14/h11-12H,3-10,13H2,1-2H3. The van der Waals surface area contributed by atoms with Crippen molar-refractivity contribution < 1.29 is 9.47 Å². The maximum absolute atomic E-state index is 5.94. The Morgan fingerprint density at radius 1 is 1.31 bits per heavy atom. The highest BCUT2D eigenvalue weighted by Gasteiger charge is 2.18. The Bertz CT molecular complexity index is 168. The smallest absolute Gasteiger partial charge is 0.158 e. The van der Waals surface area contributed by atoms with Gasteiger partial charge in [-0.2, -0.15) is 0 Å². The predicted molar refractivity (Wildman–Crippen MR) is 65.3 cm³/mol. The quantitative estimate of drug-likeness (QED) is 0.668. The van der Waals surface area contributed by atoms with E-state index in [0.717, 1.165) is 25.9 Å². The van der Waals surface area contributed by atoms with Crippen molar-refractivity contribution in [1.29, 1.82) is 0 Å². The summed E-state index contributed by atoms with van der Waals surface area (Å²) in [6, 6.07) is 0.353. The van der Waals surface area contributed by atoms with Crippen molar-refractivity contribution in [2.24, 2.45) is 5.73 Å². The van der Waals surface area contributed by atoms with Crippen LogP contribution in [0.1, 0.15) is 33.1 Å². The molecule has 16 heavy (non-hydrogen) atoms. The van der Waals surface area contributed by atoms with Crippen LogP contribution in [0.4, 0.5) is 0 Å². The first kappa shape index (κ1) is 13.9. The number of hydrogen-bond acceptors (Lipinski definition) is 4. The normalized spacial score (nSPS) is 22.9. The molecule has 0 amide bonds. The van der Waals surface area contributed by atoms with Gasteiger partial charge in [0.15, 0.2) is 6.29 Å². The summed E-state index contributed by atoms with van der Waals surface area (Å²) in [4.78, 5) is 2.42. The van der Waals surface area contributed by atoms with Gasteiger partial charge in [0.05, 0.1) is 0 Å². The maximum atomic E-state index is 5.94. The molecule has 1 unspecified atom stereocenters. The number of piperidine rings is 1. The van der Waals surface area contributed by atoms with Crippen molar-refractivity contribution in [2.45, 2.75) is 45.4 Å². The minimum atomic E-state index is -0.0480. The number of rotatable bonds is 7. The van der Waals surface area contributed by atoms with E-state index in [4.69, 9.17) is 15.2 Å². The first-order valence-corrected chi connectivity index (χ1v) is 6.47. The summed E-state index contributed by atoms with van der Waals surface area (Å²) in [5, 5.41) is 0. The third kappa shape index (κ3) is 5.25. The molecule has 0 bridgehead atoms. The molecule has 0 aromatic carbocycles. The van der Waals surface area contributed by atoms with Gasteiger partial charge in [0.2, 0.25) is 0 Å². The van der Waals surface area contributed by atoms with Crippen LogP contribution < -0.4 is 5.73 Å². The van der Waals surface area contributed by atoms with Gasteiger partial charge in [-0.05, 0) is 33.2 Å². The molecule has 0 spiro atoms. The van der Waals surface area contributed by atoms with Gasteiger partial charge in [-0.3, -0.25) is 0 Å². The summed E-state index contributed by atoms with van der Waals surface area (Å²) in [5.41, 5.74) is 5.94. The lowest BCUT2D eigenvalue weighted by atomic mass is 10.1. The summed E-state index contributed by atoms with van der Waals surface area (Å²) < 4.78 is 11.0. The van der Waals surface area contributed by atoms with Crippen molar-refractivity contribution in [3.8, 4) is 0 Å². The monoisotopic (exact) mass is 230 g/mol. The van der Waals surface area contributed by atoms with Crippen LogP contribution in [0.25, 0.3) is 0 Å². The van der Waals surface area contributed by atoms with Gasteiger partial charge in [-0.15, -0.1) is 0 Å². The topological polar surface area (TPSA) is 47.7 Å². The van der Waals surface area contributed by atoms with Crippen LogP contribution in [0.2, 0.25) is 0 Å². The molecule has 1 saturated heterocycles. The van der Waals surface area contributed by atoms with Gasteiger partial charge in [0, 0.05) is 38.8 Å². The molecule has 1 aliphatic heterocycles.